The third kappa shape index (κ3) is 68.6. The van der Waals surface area contributed by atoms with Gasteiger partial charge >= 0.3 is 17.9 Å². The van der Waals surface area contributed by atoms with Gasteiger partial charge < -0.3 is 14.2 Å². The molecule has 81 heavy (non-hydrogen) atoms. The van der Waals surface area contributed by atoms with Gasteiger partial charge in [0.2, 0.25) is 0 Å². The molecule has 6 nitrogen and oxygen atoms in total. The normalized spacial score (nSPS) is 12.1. The van der Waals surface area contributed by atoms with Crippen LogP contribution in [0.25, 0.3) is 0 Å². The van der Waals surface area contributed by atoms with Gasteiger partial charge in [-0.05, 0) is 51.4 Å². The fourth-order valence-corrected chi connectivity index (χ4v) is 11.4. The highest BCUT2D eigenvalue weighted by molar-refractivity contribution is 5.71. The SMILES string of the molecule is CCCCCCC/C=C\C/C=C\CCCCCCCCCCCCCCCCCCCC(=O)OCC(COC(=O)CCCCCCCCCCCC)OC(=O)CCCCCCCCCCCCCCCCCCCCCCCCCC. The molecule has 0 aromatic rings. The topological polar surface area (TPSA) is 78.9 Å². The van der Waals surface area contributed by atoms with Gasteiger partial charge in [-0.3, -0.25) is 14.4 Å². The molecule has 1 atom stereocenters. The number of hydrogen-bond donors (Lipinski definition) is 0. The van der Waals surface area contributed by atoms with Crippen LogP contribution in [-0.2, 0) is 28.6 Å². The van der Waals surface area contributed by atoms with Crippen LogP contribution in [0.3, 0.4) is 0 Å². The summed E-state index contributed by atoms with van der Waals surface area (Å²) >= 11 is 0. The quantitative estimate of drug-likeness (QED) is 0.0261. The van der Waals surface area contributed by atoms with Crippen molar-refractivity contribution in [2.45, 2.75) is 425 Å². The van der Waals surface area contributed by atoms with Crippen LogP contribution < -0.4 is 0 Å². The van der Waals surface area contributed by atoms with Crippen LogP contribution in [0.2, 0.25) is 0 Å². The monoisotopic (exact) mass is 1140 g/mol. The standard InChI is InChI=1S/C75H142O6/c1-4-7-10-13-16-19-22-24-26-28-30-32-34-36-37-38-39-40-42-43-45-47-49-51-53-56-59-62-65-68-74(77)80-71-72(70-79-73(76)67-64-61-58-55-21-18-15-12-9-6-3)81-75(78)69-66-63-60-57-54-52-50-48-46-44-41-35-33-31-29-27-25-23-20-17-14-11-8-5-2/h22,24,28,30,72H,4-21,23,25-27,29,31-71H2,1-3H3/b24-22-,30-28-. The van der Waals surface area contributed by atoms with Crippen LogP contribution in [0.15, 0.2) is 24.3 Å². The third-order valence-electron chi connectivity index (χ3n) is 17.0. The lowest BCUT2D eigenvalue weighted by Gasteiger charge is -2.18. The van der Waals surface area contributed by atoms with E-state index in [1.165, 1.54) is 315 Å². The minimum absolute atomic E-state index is 0.0636. The molecule has 0 aromatic heterocycles. The first kappa shape index (κ1) is 78.9. The van der Waals surface area contributed by atoms with E-state index in [4.69, 9.17) is 14.2 Å². The number of rotatable bonds is 69. The van der Waals surface area contributed by atoms with Gasteiger partial charge in [0.25, 0.3) is 0 Å². The molecular formula is C75H142O6. The average molecular weight is 1140 g/mol. The van der Waals surface area contributed by atoms with Crippen LogP contribution in [0.4, 0.5) is 0 Å². The lowest BCUT2D eigenvalue weighted by molar-refractivity contribution is -0.167. The van der Waals surface area contributed by atoms with Gasteiger partial charge in [-0.2, -0.15) is 0 Å². The maximum atomic E-state index is 12.9. The number of carbonyl (C=O) groups is 3. The summed E-state index contributed by atoms with van der Waals surface area (Å²) in [7, 11) is 0. The van der Waals surface area contributed by atoms with E-state index in [1.54, 1.807) is 0 Å². The molecule has 0 aliphatic heterocycles. The number of unbranched alkanes of at least 4 members (excludes halogenated alkanes) is 54. The van der Waals surface area contributed by atoms with Crippen molar-refractivity contribution in [2.75, 3.05) is 13.2 Å². The first-order valence-corrected chi connectivity index (χ1v) is 36.8. The van der Waals surface area contributed by atoms with Crippen molar-refractivity contribution in [1.29, 1.82) is 0 Å². The lowest BCUT2D eigenvalue weighted by Crippen LogP contribution is -2.30. The van der Waals surface area contributed by atoms with Crippen molar-refractivity contribution in [1.82, 2.24) is 0 Å². The van der Waals surface area contributed by atoms with E-state index in [-0.39, 0.29) is 31.1 Å². The van der Waals surface area contributed by atoms with Crippen LogP contribution in [0.5, 0.6) is 0 Å². The predicted molar refractivity (Wildman–Crippen MR) is 353 cm³/mol. The summed E-state index contributed by atoms with van der Waals surface area (Å²) in [6, 6.07) is 0. The van der Waals surface area contributed by atoms with E-state index in [0.717, 1.165) is 64.2 Å². The molecule has 0 heterocycles. The molecule has 1 unspecified atom stereocenters. The smallest absolute Gasteiger partial charge is 0.306 e. The van der Waals surface area contributed by atoms with Crippen molar-refractivity contribution in [2.24, 2.45) is 0 Å². The van der Waals surface area contributed by atoms with Crippen LogP contribution >= 0.6 is 0 Å². The van der Waals surface area contributed by atoms with E-state index in [2.05, 4.69) is 45.1 Å². The minimum Gasteiger partial charge on any atom is -0.462 e. The highest BCUT2D eigenvalue weighted by Crippen LogP contribution is 2.19. The lowest BCUT2D eigenvalue weighted by atomic mass is 10.0. The molecule has 0 saturated heterocycles. The van der Waals surface area contributed by atoms with Crippen molar-refractivity contribution in [3.8, 4) is 0 Å². The second-order valence-corrected chi connectivity index (χ2v) is 25.2. The molecule has 0 saturated carbocycles. The van der Waals surface area contributed by atoms with Crippen molar-refractivity contribution in [3.05, 3.63) is 24.3 Å². The fourth-order valence-electron chi connectivity index (χ4n) is 11.4. The Balaban J connectivity index is 4.10. The molecule has 0 aliphatic rings. The molecule has 6 heteroatoms. The van der Waals surface area contributed by atoms with Crippen LogP contribution in [-0.4, -0.2) is 37.2 Å². The van der Waals surface area contributed by atoms with Gasteiger partial charge in [0.05, 0.1) is 0 Å². The molecule has 0 aromatic carbocycles. The Hall–Kier alpha value is -2.11. The number of ether oxygens (including phenoxy) is 3. The van der Waals surface area contributed by atoms with Gasteiger partial charge in [0, 0.05) is 19.3 Å². The number of esters is 3. The van der Waals surface area contributed by atoms with Crippen molar-refractivity contribution >= 4 is 17.9 Å². The van der Waals surface area contributed by atoms with Gasteiger partial charge in [0.1, 0.15) is 13.2 Å². The maximum absolute atomic E-state index is 12.9. The molecule has 0 bridgehead atoms. The zero-order chi connectivity index (χ0) is 58.5. The predicted octanol–water partition coefficient (Wildman–Crippen LogP) is 25.3. The Bertz CT molecular complexity index is 1310. The number of hydrogen-bond acceptors (Lipinski definition) is 6. The Labute approximate surface area is 506 Å². The maximum Gasteiger partial charge on any atom is 0.306 e. The van der Waals surface area contributed by atoms with E-state index >= 15 is 0 Å². The minimum atomic E-state index is -0.766. The highest BCUT2D eigenvalue weighted by Gasteiger charge is 2.20. The summed E-state index contributed by atoms with van der Waals surface area (Å²) in [5.41, 5.74) is 0. The van der Waals surface area contributed by atoms with Crippen LogP contribution in [0, 0.1) is 0 Å². The molecule has 0 fully saturated rings. The molecule has 0 radical (unpaired) electrons. The summed E-state index contributed by atoms with van der Waals surface area (Å²) in [5.74, 6) is -0.831. The highest BCUT2D eigenvalue weighted by atomic mass is 16.6. The Morgan fingerprint density at radius 1 is 0.247 bits per heavy atom. The largest absolute Gasteiger partial charge is 0.462 e. The fraction of sp³-hybridized carbons (Fsp3) is 0.907. The van der Waals surface area contributed by atoms with E-state index in [9.17, 15) is 14.4 Å². The van der Waals surface area contributed by atoms with Crippen molar-refractivity contribution in [3.63, 3.8) is 0 Å². The number of allylic oxidation sites excluding steroid dienone is 4. The first-order valence-electron chi connectivity index (χ1n) is 36.8. The number of carbonyl (C=O) groups excluding carboxylic acids is 3. The van der Waals surface area contributed by atoms with Gasteiger partial charge in [-0.25, -0.2) is 0 Å². The van der Waals surface area contributed by atoms with Crippen LogP contribution in [0.1, 0.15) is 419 Å². The molecule has 0 amide bonds. The first-order chi connectivity index (χ1) is 40.0. The third-order valence-corrected chi connectivity index (χ3v) is 17.0. The summed E-state index contributed by atoms with van der Waals surface area (Å²) in [6.07, 6.45) is 86.6. The van der Waals surface area contributed by atoms with Gasteiger partial charge in [0.15, 0.2) is 6.10 Å². The summed E-state index contributed by atoms with van der Waals surface area (Å²) < 4.78 is 17.0. The summed E-state index contributed by atoms with van der Waals surface area (Å²) in [6.45, 7) is 6.70. The molecule has 0 spiro atoms. The van der Waals surface area contributed by atoms with Gasteiger partial charge in [-0.15, -0.1) is 0 Å². The van der Waals surface area contributed by atoms with E-state index < -0.39 is 6.10 Å². The molecule has 0 rings (SSSR count). The van der Waals surface area contributed by atoms with E-state index in [1.807, 2.05) is 0 Å². The average Bonchev–Trinajstić information content (AvgIpc) is 3.47. The molecular weight excluding hydrogens is 997 g/mol. The Kier molecular flexibility index (Phi) is 68.5. The van der Waals surface area contributed by atoms with E-state index in [0.29, 0.717) is 19.3 Å². The Morgan fingerprint density at radius 2 is 0.444 bits per heavy atom. The van der Waals surface area contributed by atoms with Gasteiger partial charge in [-0.1, -0.05) is 373 Å². The zero-order valence-corrected chi connectivity index (χ0v) is 55.1. The molecule has 478 valence electrons. The molecule has 0 N–H and O–H groups in total. The summed E-state index contributed by atoms with van der Waals surface area (Å²) in [4.78, 5) is 38.4. The van der Waals surface area contributed by atoms with Crippen molar-refractivity contribution < 1.29 is 28.6 Å². The zero-order valence-electron chi connectivity index (χ0n) is 55.1. The summed E-state index contributed by atoms with van der Waals surface area (Å²) in [5, 5.41) is 0. The molecule has 0 aliphatic carbocycles. The second-order valence-electron chi connectivity index (χ2n) is 25.2. The Morgan fingerprint density at radius 3 is 0.679 bits per heavy atom. The second kappa shape index (κ2) is 70.4.